The first-order chi connectivity index (χ1) is 8.16. The van der Waals surface area contributed by atoms with Crippen molar-refractivity contribution in [2.45, 2.75) is 58.1 Å². The molecule has 1 rings (SSSR count). The van der Waals surface area contributed by atoms with Crippen molar-refractivity contribution in [1.29, 1.82) is 0 Å². The fourth-order valence-electron chi connectivity index (χ4n) is 2.81. The predicted molar refractivity (Wildman–Crippen MR) is 75.1 cm³/mol. The van der Waals surface area contributed by atoms with E-state index in [9.17, 15) is 13.0 Å². The highest BCUT2D eigenvalue weighted by molar-refractivity contribution is 7.87. The van der Waals surface area contributed by atoms with Crippen molar-refractivity contribution in [2.24, 2.45) is 5.41 Å². The Morgan fingerprint density at radius 1 is 1.28 bits per heavy atom. The van der Waals surface area contributed by atoms with Crippen LogP contribution in [-0.2, 0) is 10.1 Å². The maximum atomic E-state index is 11.9. The van der Waals surface area contributed by atoms with Crippen LogP contribution < -0.4 is 0 Å². The lowest BCUT2D eigenvalue weighted by atomic mass is 9.71. The maximum absolute atomic E-state index is 11.9. The highest BCUT2D eigenvalue weighted by Gasteiger charge is 2.52. The quantitative estimate of drug-likeness (QED) is 0.613. The van der Waals surface area contributed by atoms with Gasteiger partial charge in [0.25, 0.3) is 10.1 Å². The smallest absolute Gasteiger partial charge is 0.275 e. The van der Waals surface area contributed by atoms with Gasteiger partial charge in [-0.15, -0.1) is 0 Å². The van der Waals surface area contributed by atoms with E-state index in [1.165, 1.54) is 0 Å². The van der Waals surface area contributed by atoms with Crippen molar-refractivity contribution in [3.8, 4) is 0 Å². The summed E-state index contributed by atoms with van der Waals surface area (Å²) in [5.74, 6) is 0. The Bertz CT molecular complexity index is 457. The molecule has 104 valence electrons. The predicted octanol–water partition coefficient (Wildman–Crippen LogP) is 3.74. The number of hydrogen-bond acceptors (Lipinski definition) is 2. The number of hydrogen-bond donors (Lipinski definition) is 1. The van der Waals surface area contributed by atoms with Crippen LogP contribution in [0.1, 0.15) is 53.4 Å². The summed E-state index contributed by atoms with van der Waals surface area (Å²) >= 11 is 0. The van der Waals surface area contributed by atoms with Gasteiger partial charge in [0.15, 0.2) is 0 Å². The monoisotopic (exact) mass is 272 g/mol. The molecule has 1 unspecified atom stereocenters. The van der Waals surface area contributed by atoms with E-state index < -0.39 is 20.3 Å². The lowest BCUT2D eigenvalue weighted by Gasteiger charge is -2.42. The molecule has 0 aromatic rings. The standard InChI is InChI=1S/C14H24O3S/c1-5-6-7-9-14(18(15,16)17)10-8-12(2)11-13(14,3)4/h8,10-11H,5-7,9H2,1-4H3,(H,15,16,17). The van der Waals surface area contributed by atoms with E-state index in [1.807, 2.05) is 26.8 Å². The van der Waals surface area contributed by atoms with E-state index >= 15 is 0 Å². The van der Waals surface area contributed by atoms with Crippen LogP contribution in [0.3, 0.4) is 0 Å². The Labute approximate surface area is 111 Å². The molecule has 1 aliphatic carbocycles. The van der Waals surface area contributed by atoms with Crippen LogP contribution in [0.2, 0.25) is 0 Å². The van der Waals surface area contributed by atoms with Crippen molar-refractivity contribution in [3.05, 3.63) is 23.8 Å². The molecule has 1 aliphatic rings. The van der Waals surface area contributed by atoms with Crippen molar-refractivity contribution in [1.82, 2.24) is 0 Å². The first kappa shape index (κ1) is 15.4. The fraction of sp³-hybridized carbons (Fsp3) is 0.714. The van der Waals surface area contributed by atoms with Crippen LogP contribution >= 0.6 is 0 Å². The lowest BCUT2D eigenvalue weighted by Crippen LogP contribution is -2.49. The summed E-state index contributed by atoms with van der Waals surface area (Å²) in [5, 5.41) is 0. The van der Waals surface area contributed by atoms with Gasteiger partial charge in [-0.2, -0.15) is 8.42 Å². The van der Waals surface area contributed by atoms with Crippen LogP contribution in [0.4, 0.5) is 0 Å². The lowest BCUT2D eigenvalue weighted by molar-refractivity contribution is 0.303. The van der Waals surface area contributed by atoms with Gasteiger partial charge >= 0.3 is 0 Å². The Balaban J connectivity index is 3.19. The van der Waals surface area contributed by atoms with E-state index in [0.717, 1.165) is 24.8 Å². The molecule has 0 aromatic heterocycles. The summed E-state index contributed by atoms with van der Waals surface area (Å²) in [6.07, 6.45) is 8.68. The zero-order valence-electron chi connectivity index (χ0n) is 11.7. The summed E-state index contributed by atoms with van der Waals surface area (Å²) in [6, 6.07) is 0. The molecule has 3 nitrogen and oxygen atoms in total. The van der Waals surface area contributed by atoms with Crippen LogP contribution in [0, 0.1) is 5.41 Å². The van der Waals surface area contributed by atoms with Gasteiger partial charge in [-0.05, 0) is 13.3 Å². The first-order valence-electron chi connectivity index (χ1n) is 6.52. The molecule has 1 atom stereocenters. The van der Waals surface area contributed by atoms with Gasteiger partial charge in [0.05, 0.1) is 0 Å². The average molecular weight is 272 g/mol. The SMILES string of the molecule is CCCCCC1(S(=O)(=O)O)C=CC(C)=CC1(C)C. The minimum atomic E-state index is -4.13. The minimum Gasteiger partial charge on any atom is -0.285 e. The van der Waals surface area contributed by atoms with Crippen LogP contribution in [-0.4, -0.2) is 17.7 Å². The van der Waals surface area contributed by atoms with Crippen LogP contribution in [0.15, 0.2) is 23.8 Å². The van der Waals surface area contributed by atoms with E-state index in [4.69, 9.17) is 0 Å². The van der Waals surface area contributed by atoms with Gasteiger partial charge in [-0.1, -0.05) is 63.8 Å². The molecule has 0 aromatic carbocycles. The summed E-state index contributed by atoms with van der Waals surface area (Å²) in [6.45, 7) is 7.77. The Hall–Kier alpha value is -0.610. The summed E-state index contributed by atoms with van der Waals surface area (Å²) in [7, 11) is -4.13. The van der Waals surface area contributed by atoms with Crippen LogP contribution in [0.5, 0.6) is 0 Å². The van der Waals surface area contributed by atoms with Crippen LogP contribution in [0.25, 0.3) is 0 Å². The third kappa shape index (κ3) is 2.69. The molecule has 0 spiro atoms. The normalized spacial score (nSPS) is 27.1. The molecule has 0 bridgehead atoms. The third-order valence-corrected chi connectivity index (χ3v) is 5.69. The van der Waals surface area contributed by atoms with Crippen molar-refractivity contribution in [3.63, 3.8) is 0 Å². The van der Waals surface area contributed by atoms with Gasteiger partial charge in [-0.3, -0.25) is 4.55 Å². The summed E-state index contributed by atoms with van der Waals surface area (Å²) in [5.41, 5.74) is 0.447. The Morgan fingerprint density at radius 2 is 1.89 bits per heavy atom. The number of allylic oxidation sites excluding steroid dienone is 3. The second-order valence-electron chi connectivity index (χ2n) is 5.77. The Kier molecular flexibility index (Phi) is 4.44. The summed E-state index contributed by atoms with van der Waals surface area (Å²) in [4.78, 5) is 0. The summed E-state index contributed by atoms with van der Waals surface area (Å²) < 4.78 is 32.3. The Morgan fingerprint density at radius 3 is 2.33 bits per heavy atom. The molecule has 0 saturated carbocycles. The van der Waals surface area contributed by atoms with E-state index in [2.05, 4.69) is 6.92 Å². The zero-order valence-corrected chi connectivity index (χ0v) is 12.5. The maximum Gasteiger partial charge on any atom is 0.275 e. The van der Waals surface area contributed by atoms with E-state index in [-0.39, 0.29) is 0 Å². The van der Waals surface area contributed by atoms with Gasteiger partial charge in [0.1, 0.15) is 4.75 Å². The molecular formula is C14H24O3S. The highest BCUT2D eigenvalue weighted by atomic mass is 32.2. The molecule has 0 heterocycles. The number of rotatable bonds is 5. The van der Waals surface area contributed by atoms with Crippen molar-refractivity contribution in [2.75, 3.05) is 0 Å². The molecule has 1 N–H and O–H groups in total. The van der Waals surface area contributed by atoms with Crippen molar-refractivity contribution < 1.29 is 13.0 Å². The van der Waals surface area contributed by atoms with Gasteiger partial charge < -0.3 is 0 Å². The molecular weight excluding hydrogens is 248 g/mol. The molecule has 0 radical (unpaired) electrons. The largest absolute Gasteiger partial charge is 0.285 e. The van der Waals surface area contributed by atoms with Crippen molar-refractivity contribution >= 4 is 10.1 Å². The molecule has 18 heavy (non-hydrogen) atoms. The van der Waals surface area contributed by atoms with Gasteiger partial charge in [-0.25, -0.2) is 0 Å². The molecule has 4 heteroatoms. The first-order valence-corrected chi connectivity index (χ1v) is 7.96. The average Bonchev–Trinajstić information content (AvgIpc) is 2.18. The molecule has 0 amide bonds. The molecule has 0 aliphatic heterocycles. The second kappa shape index (κ2) is 5.17. The van der Waals surface area contributed by atoms with E-state index in [1.54, 1.807) is 12.2 Å². The van der Waals surface area contributed by atoms with Gasteiger partial charge in [0.2, 0.25) is 0 Å². The van der Waals surface area contributed by atoms with E-state index in [0.29, 0.717) is 6.42 Å². The highest BCUT2D eigenvalue weighted by Crippen LogP contribution is 2.46. The number of unbranched alkanes of at least 4 members (excludes halogenated alkanes) is 2. The van der Waals surface area contributed by atoms with Gasteiger partial charge in [0, 0.05) is 5.41 Å². The molecule has 0 fully saturated rings. The molecule has 0 saturated heterocycles. The second-order valence-corrected chi connectivity index (χ2v) is 7.44. The third-order valence-electron chi connectivity index (χ3n) is 3.91. The zero-order chi connectivity index (χ0) is 14.0. The fourth-order valence-corrected chi connectivity index (χ4v) is 4.18. The topological polar surface area (TPSA) is 54.4 Å². The minimum absolute atomic E-state index is 0.465.